The fourth-order valence-corrected chi connectivity index (χ4v) is 2.14. The van der Waals surface area contributed by atoms with Crippen LogP contribution in [0.2, 0.25) is 0 Å². The Labute approximate surface area is 134 Å². The smallest absolute Gasteiger partial charge is 0.303 e. The van der Waals surface area contributed by atoms with E-state index in [1.54, 1.807) is 0 Å². The van der Waals surface area contributed by atoms with Crippen LogP contribution in [0.15, 0.2) is 24.3 Å². The van der Waals surface area contributed by atoms with Crippen molar-refractivity contribution in [1.82, 2.24) is 0 Å². The third kappa shape index (κ3) is 13.8. The minimum atomic E-state index is -0.714. The van der Waals surface area contributed by atoms with Crippen molar-refractivity contribution in [2.45, 2.75) is 83.3 Å². The van der Waals surface area contributed by atoms with E-state index in [0.29, 0.717) is 12.8 Å². The lowest BCUT2D eigenvalue weighted by atomic mass is 10.1. The molecule has 0 aliphatic heterocycles. The zero-order valence-corrected chi connectivity index (χ0v) is 13.8. The second-order valence-corrected chi connectivity index (χ2v) is 5.66. The van der Waals surface area contributed by atoms with Crippen molar-refractivity contribution >= 4 is 5.97 Å². The van der Waals surface area contributed by atoms with Gasteiger partial charge in [0, 0.05) is 6.42 Å². The lowest BCUT2D eigenvalue weighted by Gasteiger charge is -2.14. The van der Waals surface area contributed by atoms with E-state index in [1.807, 2.05) is 25.2 Å². The Morgan fingerprint density at radius 1 is 0.864 bits per heavy atom. The predicted molar refractivity (Wildman–Crippen MR) is 89.8 cm³/mol. The highest BCUT2D eigenvalue weighted by Crippen LogP contribution is 2.09. The zero-order chi connectivity index (χ0) is 16.6. The molecule has 22 heavy (non-hydrogen) atoms. The number of hydrogen-bond acceptors (Lipinski definition) is 3. The van der Waals surface area contributed by atoms with Crippen LogP contribution in [-0.2, 0) is 4.79 Å². The molecular weight excluding hydrogens is 280 g/mol. The predicted octanol–water partition coefficient (Wildman–Crippen LogP) is 3.83. The minimum absolute atomic E-state index is 0.271. The molecule has 0 aliphatic rings. The first kappa shape index (κ1) is 20.9. The first-order chi connectivity index (χ1) is 10.6. The molecule has 0 aromatic carbocycles. The summed E-state index contributed by atoms with van der Waals surface area (Å²) in [4.78, 5) is 10.3. The average molecular weight is 312 g/mol. The molecule has 0 heterocycles. The molecule has 0 saturated carbocycles. The zero-order valence-electron chi connectivity index (χ0n) is 13.8. The van der Waals surface area contributed by atoms with E-state index in [4.69, 9.17) is 5.11 Å². The van der Waals surface area contributed by atoms with E-state index >= 15 is 0 Å². The quantitative estimate of drug-likeness (QED) is 0.336. The molecule has 0 fully saturated rings. The Hall–Kier alpha value is -1.13. The highest BCUT2D eigenvalue weighted by molar-refractivity contribution is 5.66. The van der Waals surface area contributed by atoms with Crippen molar-refractivity contribution in [3.8, 4) is 0 Å². The number of hydrogen-bond donors (Lipinski definition) is 3. The van der Waals surface area contributed by atoms with Crippen LogP contribution >= 0.6 is 0 Å². The Balaban J connectivity index is 3.49. The van der Waals surface area contributed by atoms with Gasteiger partial charge in [0.25, 0.3) is 0 Å². The van der Waals surface area contributed by atoms with Gasteiger partial charge >= 0.3 is 5.97 Å². The Morgan fingerprint density at radius 3 is 2.00 bits per heavy atom. The lowest BCUT2D eigenvalue weighted by Crippen LogP contribution is -2.24. The minimum Gasteiger partial charge on any atom is -0.481 e. The molecule has 4 heteroatoms. The molecule has 0 aliphatic carbocycles. The molecule has 0 radical (unpaired) electrons. The number of unbranched alkanes of at least 4 members (excludes halogenated alkanes) is 5. The van der Waals surface area contributed by atoms with Crippen LogP contribution in [-0.4, -0.2) is 33.5 Å². The van der Waals surface area contributed by atoms with Crippen LogP contribution in [0.5, 0.6) is 0 Å². The maximum Gasteiger partial charge on any atom is 0.303 e. The summed E-state index contributed by atoms with van der Waals surface area (Å²) in [6, 6.07) is 0. The van der Waals surface area contributed by atoms with E-state index in [0.717, 1.165) is 44.9 Å². The molecule has 0 aromatic heterocycles. The third-order valence-electron chi connectivity index (χ3n) is 3.53. The van der Waals surface area contributed by atoms with E-state index in [9.17, 15) is 15.0 Å². The summed E-state index contributed by atoms with van der Waals surface area (Å²) in [7, 11) is 0. The summed E-state index contributed by atoms with van der Waals surface area (Å²) in [6.45, 7) is 2.04. The van der Waals surface area contributed by atoms with Crippen LogP contribution in [0.3, 0.4) is 0 Å². The normalized spacial score (nSPS) is 14.7. The molecule has 3 N–H and O–H groups in total. The number of carboxylic acid groups (broad SMARTS) is 1. The molecule has 0 amide bonds. The molecule has 0 aromatic rings. The van der Waals surface area contributed by atoms with Gasteiger partial charge in [0.05, 0.1) is 12.2 Å². The first-order valence-electron chi connectivity index (χ1n) is 8.45. The molecule has 2 atom stereocenters. The van der Waals surface area contributed by atoms with Gasteiger partial charge < -0.3 is 15.3 Å². The van der Waals surface area contributed by atoms with Crippen LogP contribution in [0, 0.1) is 0 Å². The average Bonchev–Trinajstić information content (AvgIpc) is 2.48. The first-order valence-corrected chi connectivity index (χ1v) is 8.45. The summed E-state index contributed by atoms with van der Waals surface area (Å²) in [5.74, 6) is -0.714. The fourth-order valence-electron chi connectivity index (χ4n) is 2.14. The molecule has 2 unspecified atom stereocenters. The van der Waals surface area contributed by atoms with Crippen LogP contribution in [0.4, 0.5) is 0 Å². The summed E-state index contributed by atoms with van der Waals surface area (Å²) >= 11 is 0. The number of rotatable bonds is 14. The fraction of sp³-hybridized carbons (Fsp3) is 0.722. The lowest BCUT2D eigenvalue weighted by molar-refractivity contribution is -0.137. The van der Waals surface area contributed by atoms with Crippen molar-refractivity contribution in [2.75, 3.05) is 0 Å². The van der Waals surface area contributed by atoms with E-state index in [-0.39, 0.29) is 6.42 Å². The van der Waals surface area contributed by atoms with Crippen molar-refractivity contribution in [3.05, 3.63) is 24.3 Å². The molecule has 128 valence electrons. The largest absolute Gasteiger partial charge is 0.481 e. The number of carboxylic acids is 1. The summed E-state index contributed by atoms with van der Waals surface area (Å²) < 4.78 is 0. The number of aliphatic hydroxyl groups is 2. The third-order valence-corrected chi connectivity index (χ3v) is 3.53. The molecule has 0 spiro atoms. The van der Waals surface area contributed by atoms with Gasteiger partial charge in [-0.1, -0.05) is 50.5 Å². The van der Waals surface area contributed by atoms with Gasteiger partial charge in [0.1, 0.15) is 0 Å². The van der Waals surface area contributed by atoms with E-state index in [2.05, 4.69) is 6.08 Å². The molecular formula is C18H32O4. The number of aliphatic hydroxyl groups excluding tert-OH is 2. The SMILES string of the molecule is CC/C=C\CC(O)C(O)C/C=C\CCCCCCCC(=O)O. The monoisotopic (exact) mass is 312 g/mol. The summed E-state index contributed by atoms with van der Waals surface area (Å²) in [6.07, 6.45) is 14.7. The van der Waals surface area contributed by atoms with E-state index in [1.165, 1.54) is 0 Å². The summed E-state index contributed by atoms with van der Waals surface area (Å²) in [5, 5.41) is 28.0. The van der Waals surface area contributed by atoms with Gasteiger partial charge in [-0.3, -0.25) is 4.79 Å². The number of carbonyl (C=O) groups is 1. The standard InChI is InChI=1S/C18H32O4/c1-2-3-10-13-16(19)17(20)14-11-8-6-4-5-7-9-12-15-18(21)22/h3,8,10-11,16-17,19-20H,2,4-7,9,12-15H2,1H3,(H,21,22)/b10-3-,11-8-. The van der Waals surface area contributed by atoms with Crippen molar-refractivity contribution in [2.24, 2.45) is 0 Å². The van der Waals surface area contributed by atoms with Gasteiger partial charge in [-0.25, -0.2) is 0 Å². The van der Waals surface area contributed by atoms with Gasteiger partial charge in [-0.15, -0.1) is 0 Å². The molecule has 0 rings (SSSR count). The molecule has 0 saturated heterocycles. The van der Waals surface area contributed by atoms with E-state index < -0.39 is 18.2 Å². The van der Waals surface area contributed by atoms with Crippen molar-refractivity contribution in [3.63, 3.8) is 0 Å². The topological polar surface area (TPSA) is 77.8 Å². The highest BCUT2D eigenvalue weighted by Gasteiger charge is 2.12. The maximum absolute atomic E-state index is 10.3. The van der Waals surface area contributed by atoms with Crippen molar-refractivity contribution in [1.29, 1.82) is 0 Å². The van der Waals surface area contributed by atoms with Crippen molar-refractivity contribution < 1.29 is 20.1 Å². The molecule has 4 nitrogen and oxygen atoms in total. The maximum atomic E-state index is 10.3. The van der Waals surface area contributed by atoms with Crippen LogP contribution in [0.1, 0.15) is 71.1 Å². The summed E-state index contributed by atoms with van der Waals surface area (Å²) in [5.41, 5.74) is 0. The Kier molecular flexibility index (Phi) is 14.0. The van der Waals surface area contributed by atoms with Crippen LogP contribution in [0.25, 0.3) is 0 Å². The number of aliphatic carboxylic acids is 1. The Morgan fingerprint density at radius 2 is 1.41 bits per heavy atom. The Bertz CT molecular complexity index is 323. The second kappa shape index (κ2) is 14.8. The number of allylic oxidation sites excluding steroid dienone is 2. The second-order valence-electron chi connectivity index (χ2n) is 5.66. The van der Waals surface area contributed by atoms with Gasteiger partial charge in [0.2, 0.25) is 0 Å². The van der Waals surface area contributed by atoms with Gasteiger partial charge in [0.15, 0.2) is 0 Å². The van der Waals surface area contributed by atoms with Gasteiger partial charge in [-0.05, 0) is 38.5 Å². The molecule has 0 bridgehead atoms. The van der Waals surface area contributed by atoms with Gasteiger partial charge in [-0.2, -0.15) is 0 Å². The van der Waals surface area contributed by atoms with Crippen LogP contribution < -0.4 is 0 Å². The highest BCUT2D eigenvalue weighted by atomic mass is 16.4.